The third kappa shape index (κ3) is 4.45. The van der Waals surface area contributed by atoms with Crippen LogP contribution >= 0.6 is 0 Å². The molecule has 1 aliphatic heterocycles. The van der Waals surface area contributed by atoms with Gasteiger partial charge in [0.2, 0.25) is 6.04 Å². The Morgan fingerprint density at radius 2 is 2.05 bits per heavy atom. The van der Waals surface area contributed by atoms with Crippen molar-refractivity contribution in [3.63, 3.8) is 0 Å². The number of carbonyl (C=O) groups excluding carboxylic acids is 2. The van der Waals surface area contributed by atoms with E-state index >= 15 is 0 Å². The van der Waals surface area contributed by atoms with Gasteiger partial charge in [-0.2, -0.15) is 0 Å². The van der Waals surface area contributed by atoms with Crippen LogP contribution in [0.5, 0.6) is 0 Å². The van der Waals surface area contributed by atoms with E-state index in [1.54, 1.807) is 24.3 Å². The van der Waals surface area contributed by atoms with Gasteiger partial charge in [0.15, 0.2) is 0 Å². The van der Waals surface area contributed by atoms with Crippen molar-refractivity contribution in [2.45, 2.75) is 12.6 Å². The minimum absolute atomic E-state index is 0. The first kappa shape index (κ1) is 17.5. The maximum atomic E-state index is 11.9. The number of rotatable bonds is 3. The van der Waals surface area contributed by atoms with Gasteiger partial charge in [-0.1, -0.05) is 30.3 Å². The van der Waals surface area contributed by atoms with Gasteiger partial charge in [-0.3, -0.25) is 9.69 Å². The fraction of sp³-hybridized carbons (Fsp3) is 0.308. The molecule has 1 heterocycles. The number of carboxylic acid groups (broad SMARTS) is 1. The van der Waals surface area contributed by atoms with Crippen molar-refractivity contribution in [2.75, 3.05) is 13.1 Å². The molecule has 1 unspecified atom stereocenters. The summed E-state index contributed by atoms with van der Waals surface area (Å²) < 4.78 is 5.04. The molecular formula is C13H15N2NaO5. The van der Waals surface area contributed by atoms with Crippen LogP contribution in [0, 0.1) is 0 Å². The van der Waals surface area contributed by atoms with Gasteiger partial charge in [0, 0.05) is 13.1 Å². The summed E-state index contributed by atoms with van der Waals surface area (Å²) in [5, 5.41) is 11.4. The van der Waals surface area contributed by atoms with Gasteiger partial charge in [-0.05, 0) is 5.56 Å². The Morgan fingerprint density at radius 3 is 2.67 bits per heavy atom. The maximum absolute atomic E-state index is 11.9. The SMILES string of the molecule is O=C(O)C1C(=O)NCCN1C(=O)OCc1ccccc1.[H-].[Na+]. The molecule has 0 radical (unpaired) electrons. The van der Waals surface area contributed by atoms with Crippen LogP contribution in [0.1, 0.15) is 6.99 Å². The fourth-order valence-electron chi connectivity index (χ4n) is 1.91. The van der Waals surface area contributed by atoms with E-state index in [9.17, 15) is 14.4 Å². The first-order valence-electron chi connectivity index (χ1n) is 6.07. The van der Waals surface area contributed by atoms with Gasteiger partial charge >= 0.3 is 41.6 Å². The Kier molecular flexibility index (Phi) is 6.67. The molecule has 1 saturated heterocycles. The van der Waals surface area contributed by atoms with Crippen LogP contribution < -0.4 is 34.9 Å². The molecule has 1 fully saturated rings. The summed E-state index contributed by atoms with van der Waals surface area (Å²) in [4.78, 5) is 35.3. The number of amides is 2. The van der Waals surface area contributed by atoms with Crippen molar-refractivity contribution in [2.24, 2.45) is 0 Å². The summed E-state index contributed by atoms with van der Waals surface area (Å²) in [6.45, 7) is 0.351. The molecule has 0 aromatic heterocycles. The second-order valence-electron chi connectivity index (χ2n) is 4.27. The largest absolute Gasteiger partial charge is 1.00 e. The molecule has 2 amide bonds. The molecule has 2 rings (SSSR count). The topological polar surface area (TPSA) is 95.9 Å². The molecule has 2 N–H and O–H groups in total. The van der Waals surface area contributed by atoms with E-state index in [-0.39, 0.29) is 50.7 Å². The Balaban J connectivity index is 0.00000220. The predicted molar refractivity (Wildman–Crippen MR) is 68.9 cm³/mol. The molecule has 1 aromatic rings. The summed E-state index contributed by atoms with van der Waals surface area (Å²) in [5.74, 6) is -2.08. The molecule has 0 aliphatic carbocycles. The normalized spacial score (nSPS) is 17.4. The number of benzene rings is 1. The Bertz CT molecular complexity index is 528. The van der Waals surface area contributed by atoms with Crippen LogP contribution in [0.3, 0.4) is 0 Å². The minimum Gasteiger partial charge on any atom is -1.00 e. The molecule has 1 atom stereocenters. The minimum atomic E-state index is -1.54. The molecule has 108 valence electrons. The van der Waals surface area contributed by atoms with E-state index in [2.05, 4.69) is 5.32 Å². The van der Waals surface area contributed by atoms with Gasteiger partial charge in [-0.15, -0.1) is 0 Å². The smallest absolute Gasteiger partial charge is 1.00 e. The van der Waals surface area contributed by atoms with Crippen molar-refractivity contribution in [3.8, 4) is 0 Å². The Labute approximate surface area is 145 Å². The fourth-order valence-corrected chi connectivity index (χ4v) is 1.91. The summed E-state index contributed by atoms with van der Waals surface area (Å²) in [7, 11) is 0. The monoisotopic (exact) mass is 302 g/mol. The predicted octanol–water partition coefficient (Wildman–Crippen LogP) is -2.68. The molecule has 1 aromatic carbocycles. The van der Waals surface area contributed by atoms with Gasteiger partial charge in [-0.25, -0.2) is 9.59 Å². The number of carboxylic acids is 1. The standard InChI is InChI=1S/C13H14N2O5.Na.H/c16-11-10(12(17)18)15(7-6-14-11)13(19)20-8-9-4-2-1-3-5-9;;/h1-5,10H,6-8H2,(H,14,16)(H,17,18);;/q;+1;-1. The third-order valence-electron chi connectivity index (χ3n) is 2.89. The van der Waals surface area contributed by atoms with Gasteiger partial charge < -0.3 is 16.6 Å². The van der Waals surface area contributed by atoms with Crippen LogP contribution in [0.25, 0.3) is 0 Å². The number of nitrogens with zero attached hydrogens (tertiary/aromatic N) is 1. The molecule has 8 heteroatoms. The van der Waals surface area contributed by atoms with Crippen molar-refractivity contribution >= 4 is 18.0 Å². The third-order valence-corrected chi connectivity index (χ3v) is 2.89. The van der Waals surface area contributed by atoms with Crippen LogP contribution in [0.4, 0.5) is 4.79 Å². The average molecular weight is 302 g/mol. The number of hydrogen-bond donors (Lipinski definition) is 2. The number of nitrogens with one attached hydrogen (secondary N) is 1. The molecule has 1 aliphatic rings. The van der Waals surface area contributed by atoms with E-state index < -0.39 is 24.0 Å². The van der Waals surface area contributed by atoms with E-state index in [1.807, 2.05) is 6.07 Å². The molecule has 7 nitrogen and oxygen atoms in total. The zero-order valence-electron chi connectivity index (χ0n) is 12.6. The van der Waals surface area contributed by atoms with E-state index in [4.69, 9.17) is 9.84 Å². The summed E-state index contributed by atoms with van der Waals surface area (Å²) in [6.07, 6.45) is -0.809. The Hall–Kier alpha value is -1.57. The van der Waals surface area contributed by atoms with Crippen LogP contribution in [-0.4, -0.2) is 47.1 Å². The quantitative estimate of drug-likeness (QED) is 0.469. The first-order valence-corrected chi connectivity index (χ1v) is 6.07. The molecule has 0 saturated carbocycles. The van der Waals surface area contributed by atoms with Crippen molar-refractivity contribution in [1.82, 2.24) is 10.2 Å². The van der Waals surface area contributed by atoms with E-state index in [1.165, 1.54) is 0 Å². The second-order valence-corrected chi connectivity index (χ2v) is 4.27. The van der Waals surface area contributed by atoms with E-state index in [0.29, 0.717) is 0 Å². The van der Waals surface area contributed by atoms with Crippen LogP contribution in [-0.2, 0) is 20.9 Å². The van der Waals surface area contributed by atoms with Crippen LogP contribution in [0.2, 0.25) is 0 Å². The summed E-state index contributed by atoms with van der Waals surface area (Å²) >= 11 is 0. The van der Waals surface area contributed by atoms with E-state index in [0.717, 1.165) is 10.5 Å². The number of carbonyl (C=O) groups is 3. The van der Waals surface area contributed by atoms with Crippen molar-refractivity contribution in [3.05, 3.63) is 35.9 Å². The van der Waals surface area contributed by atoms with Crippen molar-refractivity contribution < 1.29 is 55.2 Å². The summed E-state index contributed by atoms with van der Waals surface area (Å²) in [6, 6.07) is 7.47. The first-order chi connectivity index (χ1) is 9.59. The maximum Gasteiger partial charge on any atom is 1.00 e. The molecular weight excluding hydrogens is 287 g/mol. The summed E-state index contributed by atoms with van der Waals surface area (Å²) in [5.41, 5.74) is 0.786. The molecule has 0 bridgehead atoms. The number of hydrogen-bond acceptors (Lipinski definition) is 4. The number of ether oxygens (including phenoxy) is 1. The van der Waals surface area contributed by atoms with Gasteiger partial charge in [0.05, 0.1) is 0 Å². The average Bonchev–Trinajstić information content (AvgIpc) is 2.45. The van der Waals surface area contributed by atoms with Crippen LogP contribution in [0.15, 0.2) is 30.3 Å². The Morgan fingerprint density at radius 1 is 1.38 bits per heavy atom. The molecule has 21 heavy (non-hydrogen) atoms. The van der Waals surface area contributed by atoms with Crippen molar-refractivity contribution in [1.29, 1.82) is 0 Å². The zero-order chi connectivity index (χ0) is 14.5. The number of piperazine rings is 1. The van der Waals surface area contributed by atoms with Gasteiger partial charge in [0.1, 0.15) is 6.61 Å². The second kappa shape index (κ2) is 8.02. The van der Waals surface area contributed by atoms with Gasteiger partial charge in [0.25, 0.3) is 5.91 Å². The number of aliphatic carboxylic acids is 1. The molecule has 0 spiro atoms. The zero-order valence-corrected chi connectivity index (χ0v) is 13.6.